The number of hydrogen-bond acceptors (Lipinski definition) is 4. The van der Waals surface area contributed by atoms with Crippen LogP contribution in [0.2, 0.25) is 0 Å². The Balaban J connectivity index is 1.34. The molecule has 5 nitrogen and oxygen atoms in total. The molecule has 0 saturated carbocycles. The van der Waals surface area contributed by atoms with Crippen molar-refractivity contribution in [3.8, 4) is 5.75 Å². The second-order valence-corrected chi connectivity index (χ2v) is 9.59. The van der Waals surface area contributed by atoms with Crippen molar-refractivity contribution < 1.29 is 14.3 Å². The molecule has 0 radical (unpaired) electrons. The molecule has 0 atom stereocenters. The highest BCUT2D eigenvalue weighted by atomic mass is 16.6. The quantitative estimate of drug-likeness (QED) is 0.753. The van der Waals surface area contributed by atoms with Crippen LogP contribution in [0.15, 0.2) is 48.5 Å². The highest BCUT2D eigenvalue weighted by Gasteiger charge is 2.40. The molecule has 2 aromatic carbocycles. The fourth-order valence-electron chi connectivity index (χ4n) is 4.24. The molecule has 30 heavy (non-hydrogen) atoms. The number of carbonyl (C=O) groups is 1. The summed E-state index contributed by atoms with van der Waals surface area (Å²) in [4.78, 5) is 14.2. The normalized spacial score (nSPS) is 17.8. The Morgan fingerprint density at radius 3 is 2.57 bits per heavy atom. The van der Waals surface area contributed by atoms with Gasteiger partial charge in [0.05, 0.1) is 6.61 Å². The summed E-state index contributed by atoms with van der Waals surface area (Å²) in [5, 5.41) is 3.48. The summed E-state index contributed by atoms with van der Waals surface area (Å²) in [7, 11) is 0. The van der Waals surface area contributed by atoms with Gasteiger partial charge in [-0.05, 0) is 57.2 Å². The van der Waals surface area contributed by atoms with Gasteiger partial charge in [-0.15, -0.1) is 0 Å². The Labute approximate surface area is 179 Å². The number of likely N-dealkylation sites (tertiary alicyclic amines) is 1. The van der Waals surface area contributed by atoms with Crippen LogP contribution >= 0.6 is 0 Å². The van der Waals surface area contributed by atoms with Crippen molar-refractivity contribution in [1.29, 1.82) is 0 Å². The zero-order chi connectivity index (χ0) is 21.2. The van der Waals surface area contributed by atoms with Crippen molar-refractivity contribution in [2.45, 2.75) is 52.2 Å². The molecule has 1 fully saturated rings. The Kier molecular flexibility index (Phi) is 5.63. The number of benzene rings is 2. The van der Waals surface area contributed by atoms with Crippen LogP contribution in [-0.2, 0) is 17.7 Å². The van der Waals surface area contributed by atoms with E-state index in [1.165, 1.54) is 11.1 Å². The lowest BCUT2D eigenvalue weighted by atomic mass is 9.73. The Morgan fingerprint density at radius 1 is 1.13 bits per heavy atom. The maximum atomic E-state index is 12.4. The average Bonchev–Trinajstić information content (AvgIpc) is 2.72. The van der Waals surface area contributed by atoms with Gasteiger partial charge in [0.25, 0.3) is 0 Å². The predicted octanol–water partition coefficient (Wildman–Crippen LogP) is 5.25. The minimum atomic E-state index is -0.453. The minimum Gasteiger partial charge on any atom is -0.493 e. The molecule has 0 aromatic heterocycles. The van der Waals surface area contributed by atoms with E-state index in [4.69, 9.17) is 9.47 Å². The molecule has 0 unspecified atom stereocenters. The van der Waals surface area contributed by atoms with Crippen LogP contribution in [0.4, 0.5) is 10.5 Å². The molecule has 2 heterocycles. The van der Waals surface area contributed by atoms with Gasteiger partial charge in [0.1, 0.15) is 11.4 Å². The lowest BCUT2D eigenvalue weighted by Gasteiger charge is -2.44. The van der Waals surface area contributed by atoms with Gasteiger partial charge in [-0.3, -0.25) is 0 Å². The first-order valence-electron chi connectivity index (χ1n) is 10.8. The van der Waals surface area contributed by atoms with Crippen molar-refractivity contribution in [2.24, 2.45) is 5.41 Å². The fraction of sp³-hybridized carbons (Fsp3) is 0.480. The van der Waals surface area contributed by atoms with Crippen LogP contribution in [0.25, 0.3) is 0 Å². The number of anilines is 1. The monoisotopic (exact) mass is 408 g/mol. The van der Waals surface area contributed by atoms with Crippen LogP contribution in [0.5, 0.6) is 5.75 Å². The molecule has 1 amide bonds. The molecule has 1 spiro atoms. The molecule has 160 valence electrons. The first-order chi connectivity index (χ1) is 14.3. The van der Waals surface area contributed by atoms with Gasteiger partial charge >= 0.3 is 6.09 Å². The average molecular weight is 409 g/mol. The molecule has 1 saturated heterocycles. The number of fused-ring (bicyclic) bond motifs is 1. The zero-order valence-electron chi connectivity index (χ0n) is 18.2. The summed E-state index contributed by atoms with van der Waals surface area (Å²) in [6.45, 7) is 8.69. The van der Waals surface area contributed by atoms with Gasteiger partial charge in [-0.1, -0.05) is 36.4 Å². The van der Waals surface area contributed by atoms with Crippen molar-refractivity contribution >= 4 is 11.8 Å². The molecule has 2 aliphatic heterocycles. The second kappa shape index (κ2) is 8.21. The maximum Gasteiger partial charge on any atom is 0.410 e. The van der Waals surface area contributed by atoms with E-state index in [9.17, 15) is 4.79 Å². The maximum absolute atomic E-state index is 12.4. The Bertz CT molecular complexity index is 881. The van der Waals surface area contributed by atoms with E-state index in [1.54, 1.807) is 0 Å². The van der Waals surface area contributed by atoms with Gasteiger partial charge < -0.3 is 19.7 Å². The number of rotatable bonds is 3. The topological polar surface area (TPSA) is 50.8 Å². The van der Waals surface area contributed by atoms with Gasteiger partial charge in [-0.2, -0.15) is 0 Å². The van der Waals surface area contributed by atoms with Crippen LogP contribution in [0.3, 0.4) is 0 Å². The number of nitrogens with one attached hydrogen (secondary N) is 1. The standard InChI is InChI=1S/C25H32N2O3/c1-24(2,3)30-23(28)27-13-11-25(12-14-27)16-20-9-10-21(15-22(20)29-18-25)26-17-19-7-5-4-6-8-19/h4-10,15,26H,11-14,16-18H2,1-3H3. The summed E-state index contributed by atoms with van der Waals surface area (Å²) < 4.78 is 11.7. The third-order valence-electron chi connectivity index (χ3n) is 5.98. The van der Waals surface area contributed by atoms with Crippen molar-refractivity contribution in [3.05, 3.63) is 59.7 Å². The SMILES string of the molecule is CC(C)(C)OC(=O)N1CCC2(CC1)COc1cc(NCc3ccccc3)ccc1C2. The lowest BCUT2D eigenvalue weighted by molar-refractivity contribution is -0.000983. The highest BCUT2D eigenvalue weighted by Crippen LogP contribution is 2.42. The summed E-state index contributed by atoms with van der Waals surface area (Å²) >= 11 is 0. The smallest absolute Gasteiger partial charge is 0.410 e. The van der Waals surface area contributed by atoms with Crippen LogP contribution in [-0.4, -0.2) is 36.3 Å². The first-order valence-corrected chi connectivity index (χ1v) is 10.8. The molecule has 5 heteroatoms. The van der Waals surface area contributed by atoms with E-state index in [1.807, 2.05) is 31.7 Å². The van der Waals surface area contributed by atoms with E-state index in [2.05, 4.69) is 47.8 Å². The van der Waals surface area contributed by atoms with Crippen LogP contribution in [0.1, 0.15) is 44.7 Å². The molecular formula is C25H32N2O3. The largest absolute Gasteiger partial charge is 0.493 e. The van der Waals surface area contributed by atoms with Crippen molar-refractivity contribution in [3.63, 3.8) is 0 Å². The summed E-state index contributed by atoms with van der Waals surface area (Å²) in [5.74, 6) is 0.980. The fourth-order valence-corrected chi connectivity index (χ4v) is 4.24. The van der Waals surface area contributed by atoms with Crippen LogP contribution in [0, 0.1) is 5.41 Å². The number of amides is 1. The Hall–Kier alpha value is -2.69. The molecule has 2 aliphatic rings. The highest BCUT2D eigenvalue weighted by molar-refractivity contribution is 5.68. The summed E-state index contributed by atoms with van der Waals surface area (Å²) in [6, 6.07) is 16.8. The van der Waals surface area contributed by atoms with Gasteiger partial charge in [0.2, 0.25) is 0 Å². The van der Waals surface area contributed by atoms with Gasteiger partial charge in [0.15, 0.2) is 0 Å². The molecule has 0 bridgehead atoms. The summed E-state index contributed by atoms with van der Waals surface area (Å²) in [5.41, 5.74) is 3.26. The molecular weight excluding hydrogens is 376 g/mol. The van der Waals surface area contributed by atoms with E-state index in [0.717, 1.165) is 50.3 Å². The number of nitrogens with zero attached hydrogens (tertiary/aromatic N) is 1. The molecule has 4 rings (SSSR count). The number of ether oxygens (including phenoxy) is 2. The third kappa shape index (κ3) is 4.89. The van der Waals surface area contributed by atoms with Gasteiger partial charge in [-0.25, -0.2) is 4.79 Å². The van der Waals surface area contributed by atoms with E-state index >= 15 is 0 Å². The molecule has 0 aliphatic carbocycles. The van der Waals surface area contributed by atoms with E-state index in [-0.39, 0.29) is 11.5 Å². The van der Waals surface area contributed by atoms with Crippen LogP contribution < -0.4 is 10.1 Å². The number of carbonyl (C=O) groups excluding carboxylic acids is 1. The predicted molar refractivity (Wildman–Crippen MR) is 119 cm³/mol. The first kappa shape index (κ1) is 20.6. The van der Waals surface area contributed by atoms with Gasteiger partial charge in [0, 0.05) is 36.8 Å². The third-order valence-corrected chi connectivity index (χ3v) is 5.98. The lowest BCUT2D eigenvalue weighted by Crippen LogP contribution is -2.48. The molecule has 2 aromatic rings. The van der Waals surface area contributed by atoms with E-state index in [0.29, 0.717) is 6.61 Å². The van der Waals surface area contributed by atoms with Crippen molar-refractivity contribution in [1.82, 2.24) is 4.90 Å². The second-order valence-electron chi connectivity index (χ2n) is 9.59. The number of hydrogen-bond donors (Lipinski definition) is 1. The Morgan fingerprint density at radius 2 is 1.87 bits per heavy atom. The van der Waals surface area contributed by atoms with E-state index < -0.39 is 5.60 Å². The van der Waals surface area contributed by atoms with Crippen molar-refractivity contribution in [2.75, 3.05) is 25.0 Å². The molecule has 1 N–H and O–H groups in total. The minimum absolute atomic E-state index is 0.116. The number of piperidine rings is 1. The summed E-state index contributed by atoms with van der Waals surface area (Å²) in [6.07, 6.45) is 2.69. The zero-order valence-corrected chi connectivity index (χ0v) is 18.2.